The van der Waals surface area contributed by atoms with Crippen molar-refractivity contribution in [3.8, 4) is 0 Å². The number of benzene rings is 2. The van der Waals surface area contributed by atoms with Gasteiger partial charge in [-0.15, -0.1) is 10.2 Å². The number of alkyl carbamates (subject to hydrolysis) is 1. The minimum Gasteiger partial charge on any atom is -0.458 e. The van der Waals surface area contributed by atoms with E-state index in [9.17, 15) is 14.4 Å². The van der Waals surface area contributed by atoms with Crippen LogP contribution in [0.3, 0.4) is 0 Å². The smallest absolute Gasteiger partial charge is 0.407 e. The van der Waals surface area contributed by atoms with Crippen LogP contribution in [-0.2, 0) is 23.8 Å². The molecule has 3 rings (SSSR count). The summed E-state index contributed by atoms with van der Waals surface area (Å²) >= 11 is 0. The van der Waals surface area contributed by atoms with Crippen molar-refractivity contribution in [1.29, 1.82) is 0 Å². The summed E-state index contributed by atoms with van der Waals surface area (Å²) in [6, 6.07) is 18.2. The van der Waals surface area contributed by atoms with E-state index in [1.807, 2.05) is 48.5 Å². The van der Waals surface area contributed by atoms with Crippen molar-refractivity contribution in [2.75, 3.05) is 12.0 Å². The molecule has 0 bridgehead atoms. The molecule has 1 fully saturated rings. The lowest BCUT2D eigenvalue weighted by atomic mass is 10.0. The number of nitrogens with zero attached hydrogens (tertiary/aromatic N) is 3. The second-order valence-electron chi connectivity index (χ2n) is 7.29. The highest BCUT2D eigenvalue weighted by atomic mass is 16.6. The SMILES string of the molecule is CC(=O)O[C@@H]1CNC(=O)O[C@@H]1[C@@H](C/C(N=Nc1ccccc1)=N/Nc1ccccc1)OC(C)=O. The topological polar surface area (TPSA) is 140 Å². The number of cyclic esters (lactones) is 1. The lowest BCUT2D eigenvalue weighted by Gasteiger charge is -2.35. The number of amides is 1. The van der Waals surface area contributed by atoms with Crippen molar-refractivity contribution in [1.82, 2.24) is 5.32 Å². The van der Waals surface area contributed by atoms with Gasteiger partial charge in [0.05, 0.1) is 24.3 Å². The number of esters is 2. The molecular weight excluding hydrogens is 442 g/mol. The van der Waals surface area contributed by atoms with E-state index in [2.05, 4.69) is 26.1 Å². The maximum atomic E-state index is 11.9. The monoisotopic (exact) mass is 467 g/mol. The molecule has 1 amide bonds. The van der Waals surface area contributed by atoms with Crippen LogP contribution in [0.1, 0.15) is 20.3 Å². The number of rotatable bonds is 8. The molecule has 1 aliphatic rings. The van der Waals surface area contributed by atoms with E-state index < -0.39 is 36.3 Å². The van der Waals surface area contributed by atoms with Crippen LogP contribution in [0, 0.1) is 0 Å². The molecule has 0 saturated carbocycles. The molecule has 2 aromatic carbocycles. The number of nitrogens with one attached hydrogen (secondary N) is 2. The molecule has 1 aliphatic heterocycles. The maximum absolute atomic E-state index is 11.9. The van der Waals surface area contributed by atoms with Crippen molar-refractivity contribution in [2.24, 2.45) is 15.3 Å². The summed E-state index contributed by atoms with van der Waals surface area (Å²) in [5, 5.41) is 15.2. The number of anilines is 1. The van der Waals surface area contributed by atoms with Gasteiger partial charge in [0.15, 0.2) is 18.0 Å². The third-order valence-corrected chi connectivity index (χ3v) is 4.57. The molecule has 2 N–H and O–H groups in total. The van der Waals surface area contributed by atoms with Crippen LogP contribution in [0.5, 0.6) is 0 Å². The van der Waals surface area contributed by atoms with E-state index in [0.717, 1.165) is 0 Å². The maximum Gasteiger partial charge on any atom is 0.407 e. The van der Waals surface area contributed by atoms with Gasteiger partial charge in [0.25, 0.3) is 0 Å². The van der Waals surface area contributed by atoms with Gasteiger partial charge in [-0.25, -0.2) is 4.79 Å². The van der Waals surface area contributed by atoms with Crippen LogP contribution in [-0.4, -0.2) is 48.7 Å². The van der Waals surface area contributed by atoms with Gasteiger partial charge in [0, 0.05) is 13.8 Å². The molecule has 0 aromatic heterocycles. The van der Waals surface area contributed by atoms with Crippen molar-refractivity contribution >= 4 is 35.2 Å². The number of hydrogen-bond donors (Lipinski definition) is 2. The Morgan fingerprint density at radius 3 is 2.41 bits per heavy atom. The van der Waals surface area contributed by atoms with E-state index >= 15 is 0 Å². The standard InChI is InChI=1S/C23H25N5O6/c1-15(29)32-19(22-20(33-16(2)30)14-24-23(31)34-22)13-21(27-25-17-9-5-3-6-10-17)28-26-18-11-7-4-8-12-18/h3-12,19-20,22,25H,13-14H2,1-2H3,(H,24,31)/b27-21-,28-26?/t19-,20-,22-/m1/s1. The zero-order valence-corrected chi connectivity index (χ0v) is 18.7. The largest absolute Gasteiger partial charge is 0.458 e. The zero-order valence-electron chi connectivity index (χ0n) is 18.7. The molecular formula is C23H25N5O6. The third-order valence-electron chi connectivity index (χ3n) is 4.57. The third kappa shape index (κ3) is 7.69. The molecule has 0 spiro atoms. The Hall–Kier alpha value is -4.28. The van der Waals surface area contributed by atoms with Crippen molar-refractivity contribution in [3.05, 3.63) is 60.7 Å². The predicted octanol–water partition coefficient (Wildman–Crippen LogP) is 3.56. The summed E-state index contributed by atoms with van der Waals surface area (Å²) in [6.45, 7) is 2.46. The van der Waals surface area contributed by atoms with Crippen LogP contribution >= 0.6 is 0 Å². The first-order chi connectivity index (χ1) is 16.4. The minimum atomic E-state index is -1.07. The highest BCUT2D eigenvalue weighted by molar-refractivity contribution is 5.84. The first-order valence-electron chi connectivity index (χ1n) is 10.5. The van der Waals surface area contributed by atoms with Crippen LogP contribution in [0.15, 0.2) is 76.0 Å². The van der Waals surface area contributed by atoms with E-state index in [1.54, 1.807) is 12.1 Å². The van der Waals surface area contributed by atoms with Gasteiger partial charge in [-0.1, -0.05) is 36.4 Å². The lowest BCUT2D eigenvalue weighted by molar-refractivity contribution is -0.169. The molecule has 1 heterocycles. The number of carbonyl (C=O) groups excluding carboxylic acids is 3. The number of hydrazone groups is 1. The van der Waals surface area contributed by atoms with Crippen molar-refractivity contribution in [2.45, 2.75) is 38.6 Å². The van der Waals surface area contributed by atoms with Gasteiger partial charge in [-0.2, -0.15) is 5.10 Å². The lowest BCUT2D eigenvalue weighted by Crippen LogP contribution is -2.56. The van der Waals surface area contributed by atoms with Gasteiger partial charge < -0.3 is 19.5 Å². The van der Waals surface area contributed by atoms with Crippen molar-refractivity contribution < 1.29 is 28.6 Å². The molecule has 11 nitrogen and oxygen atoms in total. The highest BCUT2D eigenvalue weighted by Gasteiger charge is 2.41. The van der Waals surface area contributed by atoms with Crippen LogP contribution < -0.4 is 10.7 Å². The van der Waals surface area contributed by atoms with Gasteiger partial charge in [-0.3, -0.25) is 15.0 Å². The van der Waals surface area contributed by atoms with Gasteiger partial charge in [-0.05, 0) is 24.3 Å². The van der Waals surface area contributed by atoms with E-state index in [4.69, 9.17) is 14.2 Å². The van der Waals surface area contributed by atoms with Crippen LogP contribution in [0.2, 0.25) is 0 Å². The fourth-order valence-electron chi connectivity index (χ4n) is 3.16. The van der Waals surface area contributed by atoms with E-state index in [0.29, 0.717) is 11.4 Å². The second-order valence-corrected chi connectivity index (χ2v) is 7.29. The first-order valence-corrected chi connectivity index (χ1v) is 10.5. The average molecular weight is 467 g/mol. The Labute approximate surface area is 196 Å². The highest BCUT2D eigenvalue weighted by Crippen LogP contribution is 2.21. The summed E-state index contributed by atoms with van der Waals surface area (Å²) in [5.74, 6) is -1.02. The molecule has 3 atom stereocenters. The Bertz CT molecular complexity index is 1040. The Kier molecular flexibility index (Phi) is 8.67. The van der Waals surface area contributed by atoms with Crippen LogP contribution in [0.4, 0.5) is 16.2 Å². The van der Waals surface area contributed by atoms with Gasteiger partial charge in [0.1, 0.15) is 6.10 Å². The minimum absolute atomic E-state index is 0.00111. The molecule has 178 valence electrons. The summed E-state index contributed by atoms with van der Waals surface area (Å²) in [7, 11) is 0. The Morgan fingerprint density at radius 1 is 1.09 bits per heavy atom. The van der Waals surface area contributed by atoms with E-state index in [1.165, 1.54) is 13.8 Å². The molecule has 0 unspecified atom stereocenters. The van der Waals surface area contributed by atoms with E-state index in [-0.39, 0.29) is 18.8 Å². The number of ether oxygens (including phenoxy) is 3. The molecule has 34 heavy (non-hydrogen) atoms. The number of amidine groups is 1. The molecule has 1 saturated heterocycles. The first kappa shape index (κ1) is 24.4. The van der Waals surface area contributed by atoms with Crippen LogP contribution in [0.25, 0.3) is 0 Å². The summed E-state index contributed by atoms with van der Waals surface area (Å²) < 4.78 is 16.1. The fourth-order valence-corrected chi connectivity index (χ4v) is 3.16. The normalized spacial score (nSPS) is 19.0. The summed E-state index contributed by atoms with van der Waals surface area (Å²) in [4.78, 5) is 35.3. The Balaban J connectivity index is 1.89. The Morgan fingerprint density at radius 2 is 1.76 bits per heavy atom. The van der Waals surface area contributed by atoms with Gasteiger partial charge in [0.2, 0.25) is 0 Å². The predicted molar refractivity (Wildman–Crippen MR) is 122 cm³/mol. The molecule has 11 heteroatoms. The number of hydrogen-bond acceptors (Lipinski definition) is 9. The average Bonchev–Trinajstić information content (AvgIpc) is 2.82. The second kappa shape index (κ2) is 12.1. The summed E-state index contributed by atoms with van der Waals surface area (Å²) in [5.41, 5.74) is 4.17. The van der Waals surface area contributed by atoms with Crippen molar-refractivity contribution in [3.63, 3.8) is 0 Å². The number of para-hydroxylation sites is 1. The quantitative estimate of drug-likeness (QED) is 0.151. The molecule has 2 aromatic rings. The summed E-state index contributed by atoms with van der Waals surface area (Å²) in [6.07, 6.45) is -3.80. The number of carbonyl (C=O) groups is 3. The zero-order chi connectivity index (χ0) is 24.3. The molecule has 0 aliphatic carbocycles. The molecule has 0 radical (unpaired) electrons. The fraction of sp³-hybridized carbons (Fsp3) is 0.304. The number of azo groups is 1. The van der Waals surface area contributed by atoms with Gasteiger partial charge >= 0.3 is 18.0 Å².